The molecule has 0 saturated carbocycles. The Balaban J connectivity index is 2.08. The summed E-state index contributed by atoms with van der Waals surface area (Å²) in [5.41, 5.74) is -0.829. The molecular weight excluding hydrogens is 288 g/mol. The first-order valence-corrected chi connectivity index (χ1v) is 7.13. The highest BCUT2D eigenvalue weighted by Crippen LogP contribution is 2.07. The Morgan fingerprint density at radius 2 is 1.73 bits per heavy atom. The van der Waals surface area contributed by atoms with E-state index in [1.807, 2.05) is 9.80 Å². The fourth-order valence-corrected chi connectivity index (χ4v) is 2.33. The van der Waals surface area contributed by atoms with Crippen LogP contribution in [0.25, 0.3) is 0 Å². The molecule has 1 aliphatic rings. The van der Waals surface area contributed by atoms with Crippen LogP contribution < -0.4 is 16.1 Å². The van der Waals surface area contributed by atoms with Crippen LogP contribution in [0.3, 0.4) is 0 Å². The van der Waals surface area contributed by atoms with E-state index in [2.05, 4.69) is 5.10 Å². The highest BCUT2D eigenvalue weighted by molar-refractivity contribution is 5.77. The number of aryl methyl sites for hydroxylation is 1. The van der Waals surface area contributed by atoms with Crippen LogP contribution in [0.15, 0.2) is 9.59 Å². The summed E-state index contributed by atoms with van der Waals surface area (Å²) < 4.78 is 2.23. The van der Waals surface area contributed by atoms with Crippen molar-refractivity contribution in [3.8, 4) is 0 Å². The third kappa shape index (κ3) is 3.19. The SMILES string of the molecule is CN(C)C(=O)CN1CCN(c2nn(C)c(=O)n(C)c2=O)CC1. The number of rotatable bonds is 3. The van der Waals surface area contributed by atoms with Gasteiger partial charge in [0, 0.05) is 54.4 Å². The molecule has 2 heterocycles. The van der Waals surface area contributed by atoms with Gasteiger partial charge in [-0.2, -0.15) is 0 Å². The van der Waals surface area contributed by atoms with Crippen LogP contribution in [-0.4, -0.2) is 76.9 Å². The van der Waals surface area contributed by atoms with Gasteiger partial charge in [0.2, 0.25) is 11.7 Å². The lowest BCUT2D eigenvalue weighted by Gasteiger charge is -2.34. The minimum absolute atomic E-state index is 0.0598. The maximum Gasteiger partial charge on any atom is 0.346 e. The normalized spacial score (nSPS) is 15.9. The van der Waals surface area contributed by atoms with E-state index < -0.39 is 5.69 Å². The number of piperazine rings is 1. The lowest BCUT2D eigenvalue weighted by atomic mass is 10.3. The second-order valence-corrected chi connectivity index (χ2v) is 5.65. The Morgan fingerprint density at radius 3 is 2.27 bits per heavy atom. The Morgan fingerprint density at radius 1 is 1.14 bits per heavy atom. The maximum absolute atomic E-state index is 12.2. The molecule has 9 heteroatoms. The van der Waals surface area contributed by atoms with Gasteiger partial charge >= 0.3 is 5.69 Å². The van der Waals surface area contributed by atoms with Crippen LogP contribution in [0, 0.1) is 0 Å². The van der Waals surface area contributed by atoms with Gasteiger partial charge in [0.05, 0.1) is 6.54 Å². The summed E-state index contributed by atoms with van der Waals surface area (Å²) in [5, 5.41) is 4.07. The molecule has 0 unspecified atom stereocenters. The lowest BCUT2D eigenvalue weighted by molar-refractivity contribution is -0.129. The number of carbonyl (C=O) groups is 1. The molecule has 1 saturated heterocycles. The summed E-state index contributed by atoms with van der Waals surface area (Å²) in [6.07, 6.45) is 0. The smallest absolute Gasteiger partial charge is 0.346 e. The Bertz CT molecular complexity index is 669. The van der Waals surface area contributed by atoms with E-state index in [4.69, 9.17) is 0 Å². The number of aromatic nitrogens is 3. The maximum atomic E-state index is 12.2. The van der Waals surface area contributed by atoms with Crippen LogP contribution in [0.4, 0.5) is 5.82 Å². The van der Waals surface area contributed by atoms with Crippen LogP contribution >= 0.6 is 0 Å². The van der Waals surface area contributed by atoms with Crippen molar-refractivity contribution in [2.24, 2.45) is 14.1 Å². The van der Waals surface area contributed by atoms with E-state index in [-0.39, 0.29) is 17.3 Å². The molecule has 1 fully saturated rings. The zero-order valence-corrected chi connectivity index (χ0v) is 13.4. The van der Waals surface area contributed by atoms with Crippen molar-refractivity contribution in [1.82, 2.24) is 24.1 Å². The first-order valence-electron chi connectivity index (χ1n) is 7.13. The van der Waals surface area contributed by atoms with E-state index in [0.717, 1.165) is 4.57 Å². The predicted molar refractivity (Wildman–Crippen MR) is 82.1 cm³/mol. The average Bonchev–Trinajstić information content (AvgIpc) is 2.49. The lowest BCUT2D eigenvalue weighted by Crippen LogP contribution is -2.52. The molecule has 9 nitrogen and oxygen atoms in total. The van der Waals surface area contributed by atoms with Crippen molar-refractivity contribution in [3.63, 3.8) is 0 Å². The van der Waals surface area contributed by atoms with Gasteiger partial charge < -0.3 is 9.80 Å². The van der Waals surface area contributed by atoms with Gasteiger partial charge in [-0.3, -0.25) is 19.1 Å². The topological polar surface area (TPSA) is 83.7 Å². The van der Waals surface area contributed by atoms with Crippen molar-refractivity contribution in [2.75, 3.05) is 51.7 Å². The molecule has 1 aromatic heterocycles. The van der Waals surface area contributed by atoms with Crippen LogP contribution in [0.2, 0.25) is 0 Å². The molecule has 0 bridgehead atoms. The van der Waals surface area contributed by atoms with Crippen molar-refractivity contribution < 1.29 is 4.79 Å². The molecule has 1 aliphatic heterocycles. The molecular formula is C13H22N6O3. The molecule has 1 aromatic rings. The first kappa shape index (κ1) is 16.2. The van der Waals surface area contributed by atoms with Crippen molar-refractivity contribution in [2.45, 2.75) is 0 Å². The fourth-order valence-electron chi connectivity index (χ4n) is 2.33. The number of likely N-dealkylation sites (N-methyl/N-ethyl adjacent to an activating group) is 1. The summed E-state index contributed by atoms with van der Waals surface area (Å²) >= 11 is 0. The monoisotopic (exact) mass is 310 g/mol. The van der Waals surface area contributed by atoms with Gasteiger partial charge in [-0.1, -0.05) is 0 Å². The van der Waals surface area contributed by atoms with E-state index in [1.165, 1.54) is 18.8 Å². The number of anilines is 1. The predicted octanol–water partition coefficient (Wildman–Crippen LogP) is -2.31. The average molecular weight is 310 g/mol. The third-order valence-electron chi connectivity index (χ3n) is 3.83. The Labute approximate surface area is 128 Å². The number of hydrogen-bond donors (Lipinski definition) is 0. The van der Waals surface area contributed by atoms with Crippen LogP contribution in [-0.2, 0) is 18.9 Å². The van der Waals surface area contributed by atoms with Gasteiger partial charge in [0.15, 0.2) is 0 Å². The van der Waals surface area contributed by atoms with Gasteiger partial charge in [-0.15, -0.1) is 5.10 Å². The van der Waals surface area contributed by atoms with Gasteiger partial charge in [-0.25, -0.2) is 9.48 Å². The second-order valence-electron chi connectivity index (χ2n) is 5.65. The zero-order chi connectivity index (χ0) is 16.4. The summed E-state index contributed by atoms with van der Waals surface area (Å²) in [7, 11) is 6.44. The number of amides is 1. The minimum atomic E-state index is -0.441. The van der Waals surface area contributed by atoms with E-state index in [1.54, 1.807) is 19.0 Å². The van der Waals surface area contributed by atoms with Gasteiger partial charge in [-0.05, 0) is 0 Å². The van der Waals surface area contributed by atoms with E-state index >= 15 is 0 Å². The molecule has 2 rings (SSSR count). The summed E-state index contributed by atoms with van der Waals surface area (Å²) in [5.74, 6) is 0.341. The van der Waals surface area contributed by atoms with Crippen molar-refractivity contribution in [3.05, 3.63) is 20.8 Å². The van der Waals surface area contributed by atoms with Gasteiger partial charge in [0.25, 0.3) is 5.56 Å². The summed E-state index contributed by atoms with van der Waals surface area (Å²) in [6.45, 7) is 2.92. The van der Waals surface area contributed by atoms with Crippen LogP contribution in [0.5, 0.6) is 0 Å². The molecule has 0 radical (unpaired) electrons. The van der Waals surface area contributed by atoms with Crippen LogP contribution in [0.1, 0.15) is 0 Å². The zero-order valence-electron chi connectivity index (χ0n) is 13.4. The largest absolute Gasteiger partial charge is 0.348 e. The molecule has 0 spiro atoms. The highest BCUT2D eigenvalue weighted by Gasteiger charge is 2.23. The van der Waals surface area contributed by atoms with Gasteiger partial charge in [0.1, 0.15) is 0 Å². The fraction of sp³-hybridized carbons (Fsp3) is 0.692. The summed E-state index contributed by atoms with van der Waals surface area (Å²) in [6, 6.07) is 0. The molecule has 0 aliphatic carbocycles. The quantitative estimate of drug-likeness (QED) is 0.624. The highest BCUT2D eigenvalue weighted by atomic mass is 16.2. The Hall–Kier alpha value is -2.16. The standard InChI is InChI=1S/C13H22N6O3/c1-15(2)10(20)9-18-5-7-19(8-6-18)11-12(21)16(3)13(22)17(4)14-11/h5-9H2,1-4H3. The number of nitrogens with zero attached hydrogens (tertiary/aromatic N) is 6. The third-order valence-corrected chi connectivity index (χ3v) is 3.83. The van der Waals surface area contributed by atoms with E-state index in [9.17, 15) is 14.4 Å². The Kier molecular flexibility index (Phi) is 4.65. The minimum Gasteiger partial charge on any atom is -0.348 e. The second kappa shape index (κ2) is 6.30. The molecule has 1 amide bonds. The molecule has 122 valence electrons. The number of hydrogen-bond acceptors (Lipinski definition) is 6. The molecule has 0 atom stereocenters. The molecule has 22 heavy (non-hydrogen) atoms. The molecule has 0 aromatic carbocycles. The summed E-state index contributed by atoms with van der Waals surface area (Å²) in [4.78, 5) is 41.0. The number of carbonyl (C=O) groups excluding carboxylic acids is 1. The van der Waals surface area contributed by atoms with Crippen molar-refractivity contribution >= 4 is 11.7 Å². The first-order chi connectivity index (χ1) is 10.3. The van der Waals surface area contributed by atoms with Crippen molar-refractivity contribution in [1.29, 1.82) is 0 Å². The molecule has 0 N–H and O–H groups in total. The van der Waals surface area contributed by atoms with E-state index in [0.29, 0.717) is 32.7 Å².